The molecule has 1 aliphatic heterocycles. The average molecular weight is 620 g/mol. The first-order valence-corrected chi connectivity index (χ1v) is 16.3. The van der Waals surface area contributed by atoms with Crippen LogP contribution in [0, 0.1) is 5.41 Å². The first kappa shape index (κ1) is 30.1. The molecule has 0 atom stereocenters. The first-order chi connectivity index (χ1) is 21.6. The van der Waals surface area contributed by atoms with Crippen molar-refractivity contribution in [3.05, 3.63) is 120 Å². The first-order valence-electron chi connectivity index (χ1n) is 14.8. The molecule has 1 aromatic heterocycles. The van der Waals surface area contributed by atoms with Crippen LogP contribution in [-0.2, 0) is 29.9 Å². The summed E-state index contributed by atoms with van der Waals surface area (Å²) >= 11 is 0. The monoisotopic (exact) mass is 619 g/mol. The van der Waals surface area contributed by atoms with Crippen molar-refractivity contribution in [2.24, 2.45) is 12.8 Å². The highest BCUT2D eigenvalue weighted by molar-refractivity contribution is 7.89. The molecular weight excluding hydrogens is 582 g/mol. The van der Waals surface area contributed by atoms with Gasteiger partial charge in [-0.2, -0.15) is 0 Å². The molecule has 0 fully saturated rings. The molecule has 0 unspecified atom stereocenters. The molecule has 2 heterocycles. The topological polar surface area (TPSA) is 120 Å². The standard InChI is InChI=1S/C35H37N7O2S/c1-40(2)31-8-4-7-29-28(31)6-5-9-33(29)45(43,44)38-23-25-18-20-42(21-19-25)27-15-16-32-30(22-27)39-34(41(32)3)17-12-24-10-13-26(14-11-24)35(36)37/h4-11,13-16,18-20,22,38H,12,17,21,23H2,1-3H3,(H3,36,37). The van der Waals surface area contributed by atoms with Crippen molar-refractivity contribution < 1.29 is 8.42 Å². The van der Waals surface area contributed by atoms with Crippen LogP contribution in [0.4, 0.5) is 11.4 Å². The van der Waals surface area contributed by atoms with E-state index in [1.165, 1.54) is 5.56 Å². The summed E-state index contributed by atoms with van der Waals surface area (Å²) in [5, 5.41) is 9.17. The highest BCUT2D eigenvalue weighted by atomic mass is 32.2. The number of hydrogen-bond acceptors (Lipinski definition) is 6. The Morgan fingerprint density at radius 1 is 1.00 bits per heavy atom. The number of sulfonamides is 1. The van der Waals surface area contributed by atoms with Gasteiger partial charge in [-0.05, 0) is 54.0 Å². The fraction of sp³-hybridized carbons (Fsp3) is 0.200. The van der Waals surface area contributed by atoms with Gasteiger partial charge in [-0.3, -0.25) is 5.41 Å². The minimum absolute atomic E-state index is 0.0726. The third-order valence-corrected chi connectivity index (χ3v) is 9.77. The van der Waals surface area contributed by atoms with E-state index in [1.54, 1.807) is 12.1 Å². The summed E-state index contributed by atoms with van der Waals surface area (Å²) in [5.74, 6) is 1.08. The van der Waals surface area contributed by atoms with Gasteiger partial charge in [0.2, 0.25) is 10.0 Å². The molecule has 0 bridgehead atoms. The molecule has 4 N–H and O–H groups in total. The summed E-state index contributed by atoms with van der Waals surface area (Å²) in [5.41, 5.74) is 12.4. The second-order valence-electron chi connectivity index (χ2n) is 11.5. The summed E-state index contributed by atoms with van der Waals surface area (Å²) < 4.78 is 31.7. The molecule has 230 valence electrons. The zero-order chi connectivity index (χ0) is 31.7. The van der Waals surface area contributed by atoms with Gasteiger partial charge in [0.05, 0.1) is 15.9 Å². The van der Waals surface area contributed by atoms with E-state index in [1.807, 2.05) is 92.9 Å². The predicted octanol–water partition coefficient (Wildman–Crippen LogP) is 5.10. The number of nitrogens with zero attached hydrogens (tertiary/aromatic N) is 4. The normalized spacial score (nSPS) is 13.4. The lowest BCUT2D eigenvalue weighted by Crippen LogP contribution is -2.28. The van der Waals surface area contributed by atoms with E-state index < -0.39 is 10.0 Å². The molecule has 6 rings (SSSR count). The second kappa shape index (κ2) is 12.2. The largest absolute Gasteiger partial charge is 0.384 e. The Bertz CT molecular complexity index is 2080. The molecule has 9 nitrogen and oxygen atoms in total. The number of anilines is 2. The van der Waals surface area contributed by atoms with Crippen LogP contribution >= 0.6 is 0 Å². The molecule has 0 radical (unpaired) electrons. The number of nitrogens with one attached hydrogen (secondary N) is 2. The maximum absolute atomic E-state index is 13.4. The third kappa shape index (κ3) is 6.20. The number of hydrogen-bond donors (Lipinski definition) is 3. The zero-order valence-electron chi connectivity index (χ0n) is 25.7. The van der Waals surface area contributed by atoms with Crippen LogP contribution in [-0.4, -0.2) is 51.0 Å². The van der Waals surface area contributed by atoms with Crippen molar-refractivity contribution in [3.8, 4) is 0 Å². The number of benzene rings is 4. The SMILES string of the molecule is CN(C)c1cccc2c(S(=O)(=O)NCC3=CCN(c4ccc5c(c4)nc(CCc4ccc(C(=N)N)cc4)n5C)C=C3)cccc12. The molecule has 0 saturated heterocycles. The molecule has 0 aliphatic carbocycles. The Labute approximate surface area is 263 Å². The lowest BCUT2D eigenvalue weighted by molar-refractivity contribution is 0.586. The average Bonchev–Trinajstić information content (AvgIpc) is 3.36. The molecule has 4 aromatic carbocycles. The van der Waals surface area contributed by atoms with Crippen molar-refractivity contribution in [1.29, 1.82) is 5.41 Å². The van der Waals surface area contributed by atoms with Gasteiger partial charge in [-0.1, -0.05) is 54.6 Å². The number of rotatable bonds is 10. The minimum atomic E-state index is -3.73. The number of amidine groups is 1. The van der Waals surface area contributed by atoms with E-state index in [4.69, 9.17) is 16.1 Å². The van der Waals surface area contributed by atoms with Gasteiger partial charge in [0.1, 0.15) is 11.7 Å². The van der Waals surface area contributed by atoms with Crippen LogP contribution in [0.1, 0.15) is 17.0 Å². The van der Waals surface area contributed by atoms with Crippen LogP contribution in [0.5, 0.6) is 0 Å². The van der Waals surface area contributed by atoms with Gasteiger partial charge in [-0.25, -0.2) is 18.1 Å². The Morgan fingerprint density at radius 3 is 2.47 bits per heavy atom. The molecule has 0 spiro atoms. The van der Waals surface area contributed by atoms with Gasteiger partial charge in [-0.15, -0.1) is 0 Å². The van der Waals surface area contributed by atoms with Gasteiger partial charge in [0, 0.05) is 74.6 Å². The maximum atomic E-state index is 13.4. The van der Waals surface area contributed by atoms with E-state index in [-0.39, 0.29) is 17.3 Å². The molecule has 0 amide bonds. The van der Waals surface area contributed by atoms with Gasteiger partial charge >= 0.3 is 0 Å². The van der Waals surface area contributed by atoms with Gasteiger partial charge in [0.15, 0.2) is 0 Å². The van der Waals surface area contributed by atoms with E-state index >= 15 is 0 Å². The Hall–Kier alpha value is -4.93. The lowest BCUT2D eigenvalue weighted by Gasteiger charge is -2.23. The summed E-state index contributed by atoms with van der Waals surface area (Å²) in [6, 6.07) is 25.2. The van der Waals surface area contributed by atoms with Crippen LogP contribution < -0.4 is 20.3 Å². The van der Waals surface area contributed by atoms with Crippen molar-refractivity contribution in [2.75, 3.05) is 37.0 Å². The summed E-state index contributed by atoms with van der Waals surface area (Å²) in [4.78, 5) is 9.31. The number of aromatic nitrogens is 2. The van der Waals surface area contributed by atoms with Gasteiger partial charge in [0.25, 0.3) is 0 Å². The van der Waals surface area contributed by atoms with Crippen molar-refractivity contribution in [1.82, 2.24) is 14.3 Å². The van der Waals surface area contributed by atoms with Crippen LogP contribution in [0.25, 0.3) is 21.8 Å². The Morgan fingerprint density at radius 2 is 1.76 bits per heavy atom. The Balaban J connectivity index is 1.11. The Kier molecular flexibility index (Phi) is 8.18. The highest BCUT2D eigenvalue weighted by Crippen LogP contribution is 2.30. The van der Waals surface area contributed by atoms with Crippen molar-refractivity contribution in [2.45, 2.75) is 17.7 Å². The smallest absolute Gasteiger partial charge is 0.241 e. The lowest BCUT2D eigenvalue weighted by atomic mass is 10.1. The van der Waals surface area contributed by atoms with Crippen LogP contribution in [0.2, 0.25) is 0 Å². The molecule has 1 aliphatic rings. The van der Waals surface area contributed by atoms with Crippen LogP contribution in [0.3, 0.4) is 0 Å². The van der Waals surface area contributed by atoms with E-state index in [9.17, 15) is 8.42 Å². The second-order valence-corrected chi connectivity index (χ2v) is 13.2. The highest BCUT2D eigenvalue weighted by Gasteiger charge is 2.19. The molecular formula is C35H37N7O2S. The molecule has 0 saturated carbocycles. The third-order valence-electron chi connectivity index (χ3n) is 8.31. The minimum Gasteiger partial charge on any atom is -0.384 e. The van der Waals surface area contributed by atoms with Crippen LogP contribution in [0.15, 0.2) is 108 Å². The zero-order valence-corrected chi connectivity index (χ0v) is 26.5. The fourth-order valence-corrected chi connectivity index (χ4v) is 6.98. The van der Waals surface area contributed by atoms with E-state index in [0.717, 1.165) is 57.6 Å². The van der Waals surface area contributed by atoms with E-state index in [2.05, 4.69) is 32.4 Å². The quantitative estimate of drug-likeness (QED) is 0.148. The molecule has 10 heteroatoms. The van der Waals surface area contributed by atoms with Crippen molar-refractivity contribution in [3.63, 3.8) is 0 Å². The summed E-state index contributed by atoms with van der Waals surface area (Å²) in [6.45, 7) is 0.825. The number of nitrogen functional groups attached to an aromatic ring is 1. The van der Waals surface area contributed by atoms with E-state index in [0.29, 0.717) is 11.9 Å². The maximum Gasteiger partial charge on any atom is 0.241 e. The fourth-order valence-electron chi connectivity index (χ4n) is 5.75. The predicted molar refractivity (Wildman–Crippen MR) is 184 cm³/mol. The number of fused-ring (bicyclic) bond motifs is 2. The van der Waals surface area contributed by atoms with Gasteiger partial charge < -0.3 is 20.1 Å². The number of imidazole rings is 1. The molecule has 5 aromatic rings. The van der Waals surface area contributed by atoms with Crippen molar-refractivity contribution >= 4 is 49.0 Å². The molecule has 45 heavy (non-hydrogen) atoms. The summed E-state index contributed by atoms with van der Waals surface area (Å²) in [6.07, 6.45) is 7.61. The number of aryl methyl sites for hydroxylation is 3. The summed E-state index contributed by atoms with van der Waals surface area (Å²) in [7, 11) is 2.21. The number of nitrogens with two attached hydrogens (primary N) is 1.